The predicted molar refractivity (Wildman–Crippen MR) is 75.6 cm³/mol. The summed E-state index contributed by atoms with van der Waals surface area (Å²) in [6.45, 7) is 3.40. The van der Waals surface area contributed by atoms with Crippen molar-refractivity contribution in [2.75, 3.05) is 25.5 Å². The zero-order valence-corrected chi connectivity index (χ0v) is 12.4. The van der Waals surface area contributed by atoms with Gasteiger partial charge in [-0.05, 0) is 37.5 Å². The molecule has 3 rings (SSSR count). The van der Waals surface area contributed by atoms with E-state index in [1.807, 2.05) is 18.2 Å². The van der Waals surface area contributed by atoms with E-state index in [9.17, 15) is 8.42 Å². The van der Waals surface area contributed by atoms with Crippen LogP contribution >= 0.6 is 0 Å². The highest BCUT2D eigenvalue weighted by Gasteiger charge is 2.34. The second kappa shape index (κ2) is 5.26. The molecule has 0 saturated carbocycles. The molecule has 1 fully saturated rings. The van der Waals surface area contributed by atoms with Gasteiger partial charge in [0.1, 0.15) is 13.2 Å². The van der Waals surface area contributed by atoms with Crippen LogP contribution in [0.2, 0.25) is 0 Å². The van der Waals surface area contributed by atoms with Crippen molar-refractivity contribution in [3.05, 3.63) is 23.8 Å². The van der Waals surface area contributed by atoms with Gasteiger partial charge in [0, 0.05) is 12.6 Å². The Bertz CT molecular complexity index is 599. The summed E-state index contributed by atoms with van der Waals surface area (Å²) in [6, 6.07) is 5.67. The Hall–Kier alpha value is -1.27. The first-order valence-corrected chi connectivity index (χ1v) is 8.62. The smallest absolute Gasteiger partial charge is 0.214 e. The minimum atomic E-state index is -3.16. The van der Waals surface area contributed by atoms with Crippen LogP contribution in [-0.4, -0.2) is 38.2 Å². The minimum Gasteiger partial charge on any atom is -0.486 e. The van der Waals surface area contributed by atoms with Gasteiger partial charge in [-0.15, -0.1) is 0 Å². The summed E-state index contributed by atoms with van der Waals surface area (Å²) in [4.78, 5) is 0. The van der Waals surface area contributed by atoms with Crippen LogP contribution in [0.25, 0.3) is 0 Å². The van der Waals surface area contributed by atoms with Gasteiger partial charge in [0.25, 0.3) is 0 Å². The molecule has 0 aromatic heterocycles. The topological polar surface area (TPSA) is 55.8 Å². The molecule has 0 N–H and O–H groups in total. The number of ether oxygens (including phenoxy) is 2. The van der Waals surface area contributed by atoms with Crippen LogP contribution in [0.3, 0.4) is 0 Å². The van der Waals surface area contributed by atoms with Crippen LogP contribution in [0.5, 0.6) is 11.5 Å². The molecular weight excluding hydrogens is 278 g/mol. The fourth-order valence-corrected chi connectivity index (χ4v) is 4.19. The van der Waals surface area contributed by atoms with Gasteiger partial charge >= 0.3 is 0 Å². The quantitative estimate of drug-likeness (QED) is 0.855. The first-order chi connectivity index (χ1) is 9.62. The Morgan fingerprint density at radius 3 is 2.75 bits per heavy atom. The molecule has 0 radical (unpaired) electrons. The summed E-state index contributed by atoms with van der Waals surface area (Å²) < 4.78 is 37.0. The maximum atomic E-state index is 12.1. The van der Waals surface area contributed by atoms with E-state index in [1.54, 1.807) is 11.2 Å². The maximum Gasteiger partial charge on any atom is 0.214 e. The summed E-state index contributed by atoms with van der Waals surface area (Å²) in [5.41, 5.74) is 0.990. The van der Waals surface area contributed by atoms with E-state index in [0.29, 0.717) is 19.8 Å². The number of fused-ring (bicyclic) bond motifs is 1. The van der Waals surface area contributed by atoms with Crippen molar-refractivity contribution in [3.63, 3.8) is 0 Å². The summed E-state index contributed by atoms with van der Waals surface area (Å²) >= 11 is 0. The van der Waals surface area contributed by atoms with Gasteiger partial charge in [-0.25, -0.2) is 8.42 Å². The standard InChI is InChI=1S/C14H19NO4S/c1-2-20(16,17)15-7-3-4-12(15)11-5-6-13-14(10-11)19-9-8-18-13/h5-6,10,12H,2-4,7-9H2,1H3/t12-/m1/s1. The van der Waals surface area contributed by atoms with Gasteiger partial charge < -0.3 is 9.47 Å². The van der Waals surface area contributed by atoms with E-state index in [-0.39, 0.29) is 11.8 Å². The Balaban J connectivity index is 1.92. The van der Waals surface area contributed by atoms with E-state index >= 15 is 0 Å². The van der Waals surface area contributed by atoms with Gasteiger partial charge in [0.05, 0.1) is 5.75 Å². The minimum absolute atomic E-state index is 0.0734. The average molecular weight is 297 g/mol. The van der Waals surface area contributed by atoms with E-state index in [1.165, 1.54) is 0 Å². The van der Waals surface area contributed by atoms with Gasteiger partial charge in [-0.3, -0.25) is 0 Å². The Morgan fingerprint density at radius 2 is 2.00 bits per heavy atom. The third kappa shape index (κ3) is 2.38. The summed E-state index contributed by atoms with van der Waals surface area (Å²) in [5, 5.41) is 0. The Labute approximate surface area is 119 Å². The average Bonchev–Trinajstić information content (AvgIpc) is 2.97. The number of benzene rings is 1. The zero-order chi connectivity index (χ0) is 14.2. The molecule has 1 atom stereocenters. The number of hydrogen-bond donors (Lipinski definition) is 0. The highest BCUT2D eigenvalue weighted by molar-refractivity contribution is 7.89. The molecule has 1 aromatic rings. The maximum absolute atomic E-state index is 12.1. The second-order valence-corrected chi connectivity index (χ2v) is 7.28. The molecular formula is C14H19NO4S. The van der Waals surface area contributed by atoms with Gasteiger partial charge in [-0.1, -0.05) is 6.07 Å². The van der Waals surface area contributed by atoms with Crippen molar-refractivity contribution in [2.45, 2.75) is 25.8 Å². The lowest BCUT2D eigenvalue weighted by atomic mass is 10.0. The lowest BCUT2D eigenvalue weighted by molar-refractivity contribution is 0.171. The second-order valence-electron chi connectivity index (χ2n) is 5.07. The van der Waals surface area contributed by atoms with Crippen LogP contribution < -0.4 is 9.47 Å². The van der Waals surface area contributed by atoms with E-state index in [0.717, 1.165) is 29.9 Å². The molecule has 6 heteroatoms. The van der Waals surface area contributed by atoms with Crippen molar-refractivity contribution >= 4 is 10.0 Å². The number of rotatable bonds is 3. The molecule has 110 valence electrons. The number of hydrogen-bond acceptors (Lipinski definition) is 4. The Morgan fingerprint density at radius 1 is 1.25 bits per heavy atom. The zero-order valence-electron chi connectivity index (χ0n) is 11.5. The third-order valence-corrected chi connectivity index (χ3v) is 5.76. The van der Waals surface area contributed by atoms with Crippen molar-refractivity contribution < 1.29 is 17.9 Å². The fourth-order valence-electron chi connectivity index (χ4n) is 2.84. The van der Waals surface area contributed by atoms with Crippen molar-refractivity contribution in [1.82, 2.24) is 4.31 Å². The molecule has 0 bridgehead atoms. The molecule has 1 aromatic carbocycles. The van der Waals surface area contributed by atoms with Gasteiger partial charge in [0.15, 0.2) is 11.5 Å². The lowest BCUT2D eigenvalue weighted by Gasteiger charge is -2.25. The first-order valence-electron chi connectivity index (χ1n) is 7.01. The molecule has 0 aliphatic carbocycles. The summed E-state index contributed by atoms with van der Waals surface area (Å²) in [7, 11) is -3.16. The molecule has 0 amide bonds. The van der Waals surface area contributed by atoms with Crippen molar-refractivity contribution in [1.29, 1.82) is 0 Å². The number of sulfonamides is 1. The molecule has 20 heavy (non-hydrogen) atoms. The fraction of sp³-hybridized carbons (Fsp3) is 0.571. The van der Waals surface area contributed by atoms with Crippen molar-refractivity contribution in [2.24, 2.45) is 0 Å². The SMILES string of the molecule is CCS(=O)(=O)N1CCC[C@@H]1c1ccc2c(c1)OCCO2. The molecule has 2 aliphatic rings. The van der Waals surface area contributed by atoms with Crippen LogP contribution in [0.15, 0.2) is 18.2 Å². The predicted octanol–water partition coefficient (Wildman–Crippen LogP) is 1.94. The van der Waals surface area contributed by atoms with Gasteiger partial charge in [-0.2, -0.15) is 4.31 Å². The molecule has 0 unspecified atom stereocenters. The molecule has 2 heterocycles. The molecule has 2 aliphatic heterocycles. The summed E-state index contributed by atoms with van der Waals surface area (Å²) in [5.74, 6) is 1.60. The van der Waals surface area contributed by atoms with Crippen molar-refractivity contribution in [3.8, 4) is 11.5 Å². The Kier molecular flexibility index (Phi) is 3.60. The van der Waals surface area contributed by atoms with Crippen LogP contribution in [0.1, 0.15) is 31.4 Å². The first kappa shape index (κ1) is 13.7. The normalized spacial score (nSPS) is 22.9. The van der Waals surface area contributed by atoms with Crippen LogP contribution in [0.4, 0.5) is 0 Å². The molecule has 5 nitrogen and oxygen atoms in total. The van der Waals surface area contributed by atoms with Crippen LogP contribution in [0, 0.1) is 0 Å². The van der Waals surface area contributed by atoms with E-state index < -0.39 is 10.0 Å². The monoisotopic (exact) mass is 297 g/mol. The molecule has 1 saturated heterocycles. The summed E-state index contributed by atoms with van der Waals surface area (Å²) in [6.07, 6.45) is 1.76. The highest BCUT2D eigenvalue weighted by atomic mass is 32.2. The molecule has 0 spiro atoms. The largest absolute Gasteiger partial charge is 0.486 e. The highest BCUT2D eigenvalue weighted by Crippen LogP contribution is 2.39. The third-order valence-electron chi connectivity index (χ3n) is 3.88. The number of nitrogens with zero attached hydrogens (tertiary/aromatic N) is 1. The van der Waals surface area contributed by atoms with E-state index in [4.69, 9.17) is 9.47 Å². The lowest BCUT2D eigenvalue weighted by Crippen LogP contribution is -2.31. The van der Waals surface area contributed by atoms with Crippen LogP contribution in [-0.2, 0) is 10.0 Å². The van der Waals surface area contributed by atoms with E-state index in [2.05, 4.69) is 0 Å². The van der Waals surface area contributed by atoms with Gasteiger partial charge in [0.2, 0.25) is 10.0 Å².